The lowest BCUT2D eigenvalue weighted by atomic mass is 10.2. The second kappa shape index (κ2) is 3.47. The van der Waals surface area contributed by atoms with Crippen LogP contribution in [0.3, 0.4) is 0 Å². The molecule has 1 heterocycles. The molecule has 0 aromatic heterocycles. The smallest absolute Gasteiger partial charge is 0.333 e. The summed E-state index contributed by atoms with van der Waals surface area (Å²) in [5, 5.41) is 8.65. The van der Waals surface area contributed by atoms with Gasteiger partial charge in [0.1, 0.15) is 6.10 Å². The summed E-state index contributed by atoms with van der Waals surface area (Å²) in [6.45, 7) is 7.42. The Morgan fingerprint density at radius 1 is 1.77 bits per heavy atom. The number of hydrogen-bond donors (Lipinski definition) is 1. The van der Waals surface area contributed by atoms with Gasteiger partial charge in [0, 0.05) is 0 Å². The third-order valence-electron chi connectivity index (χ3n) is 2.24. The number of carbonyl (C=O) groups is 1. The van der Waals surface area contributed by atoms with Crippen LogP contribution in [0, 0.1) is 0 Å². The van der Waals surface area contributed by atoms with Gasteiger partial charge in [0.25, 0.3) is 0 Å². The average Bonchev–Trinajstić information content (AvgIpc) is 2.47. The van der Waals surface area contributed by atoms with Crippen molar-refractivity contribution in [2.45, 2.75) is 32.2 Å². The number of aliphatic carboxylic acids is 1. The molecule has 1 N–H and O–H groups in total. The molecule has 0 spiro atoms. The Hall–Kier alpha value is -0.870. The first-order chi connectivity index (χ1) is 5.98. The van der Waals surface area contributed by atoms with Gasteiger partial charge in [-0.25, -0.2) is 4.79 Å². The minimum absolute atomic E-state index is 0.0529. The van der Waals surface area contributed by atoms with E-state index in [0.717, 1.165) is 0 Å². The Labute approximate surface area is 77.1 Å². The summed E-state index contributed by atoms with van der Waals surface area (Å²) in [7, 11) is 0. The molecule has 0 saturated carbocycles. The van der Waals surface area contributed by atoms with Crippen LogP contribution in [0.4, 0.5) is 0 Å². The van der Waals surface area contributed by atoms with Crippen LogP contribution >= 0.6 is 0 Å². The number of carboxylic acid groups (broad SMARTS) is 1. The van der Waals surface area contributed by atoms with E-state index < -0.39 is 17.9 Å². The van der Waals surface area contributed by atoms with Gasteiger partial charge in [-0.3, -0.25) is 0 Å². The van der Waals surface area contributed by atoms with Crippen molar-refractivity contribution in [2.24, 2.45) is 0 Å². The highest BCUT2D eigenvalue weighted by Gasteiger charge is 2.38. The third-order valence-corrected chi connectivity index (χ3v) is 2.24. The van der Waals surface area contributed by atoms with Crippen LogP contribution in [-0.4, -0.2) is 29.6 Å². The number of rotatable bonds is 3. The summed E-state index contributed by atoms with van der Waals surface area (Å²) in [5.74, 6) is -1.68. The van der Waals surface area contributed by atoms with Crippen LogP contribution in [0.15, 0.2) is 12.2 Å². The fraction of sp³-hybridized carbons (Fsp3) is 0.667. The molecular formula is C9H14O4. The van der Waals surface area contributed by atoms with Gasteiger partial charge in [-0.05, 0) is 13.3 Å². The summed E-state index contributed by atoms with van der Waals surface area (Å²) in [6, 6.07) is 0. The van der Waals surface area contributed by atoms with Gasteiger partial charge in [0.2, 0.25) is 0 Å². The van der Waals surface area contributed by atoms with E-state index >= 15 is 0 Å². The second-order valence-electron chi connectivity index (χ2n) is 3.24. The second-order valence-corrected chi connectivity index (χ2v) is 3.24. The van der Waals surface area contributed by atoms with E-state index in [-0.39, 0.29) is 12.2 Å². The standard InChI is InChI=1S/C9H14O4/c1-4-9(3)12-5-7(13-9)6(2)8(10)11/h7H,2,4-5H2,1,3H3,(H,10,11). The molecular weight excluding hydrogens is 172 g/mol. The number of carboxylic acids is 1. The average molecular weight is 186 g/mol. The first-order valence-electron chi connectivity index (χ1n) is 4.22. The van der Waals surface area contributed by atoms with Gasteiger partial charge in [0.15, 0.2) is 5.79 Å². The Balaban J connectivity index is 2.60. The van der Waals surface area contributed by atoms with E-state index in [1.54, 1.807) is 6.92 Å². The van der Waals surface area contributed by atoms with Crippen molar-refractivity contribution in [2.75, 3.05) is 6.61 Å². The summed E-state index contributed by atoms with van der Waals surface area (Å²) in [5.41, 5.74) is 0.0529. The lowest BCUT2D eigenvalue weighted by molar-refractivity contribution is -0.153. The van der Waals surface area contributed by atoms with E-state index in [9.17, 15) is 4.79 Å². The van der Waals surface area contributed by atoms with Crippen LogP contribution in [0.2, 0.25) is 0 Å². The Kier molecular flexibility index (Phi) is 2.73. The minimum atomic E-state index is -1.03. The predicted molar refractivity (Wildman–Crippen MR) is 46.3 cm³/mol. The Bertz CT molecular complexity index is 236. The molecule has 2 atom stereocenters. The molecule has 1 saturated heterocycles. The van der Waals surface area contributed by atoms with Crippen LogP contribution in [0.5, 0.6) is 0 Å². The minimum Gasteiger partial charge on any atom is -0.478 e. The van der Waals surface area contributed by atoms with Crippen LogP contribution in [-0.2, 0) is 14.3 Å². The van der Waals surface area contributed by atoms with Crippen molar-refractivity contribution in [3.8, 4) is 0 Å². The van der Waals surface area contributed by atoms with Gasteiger partial charge < -0.3 is 14.6 Å². The zero-order chi connectivity index (χ0) is 10.1. The molecule has 4 nitrogen and oxygen atoms in total. The lowest BCUT2D eigenvalue weighted by Crippen LogP contribution is -2.27. The summed E-state index contributed by atoms with van der Waals surface area (Å²) < 4.78 is 10.7. The lowest BCUT2D eigenvalue weighted by Gasteiger charge is -2.20. The maximum atomic E-state index is 10.6. The molecule has 0 bridgehead atoms. The number of hydrogen-bond acceptors (Lipinski definition) is 3. The maximum absolute atomic E-state index is 10.6. The van der Waals surface area contributed by atoms with E-state index in [1.807, 2.05) is 6.92 Å². The fourth-order valence-corrected chi connectivity index (χ4v) is 1.12. The van der Waals surface area contributed by atoms with Gasteiger partial charge in [-0.2, -0.15) is 0 Å². The molecule has 1 aliphatic rings. The quantitative estimate of drug-likeness (QED) is 0.672. The topological polar surface area (TPSA) is 55.8 Å². The highest BCUT2D eigenvalue weighted by Crippen LogP contribution is 2.29. The van der Waals surface area contributed by atoms with Crippen LogP contribution < -0.4 is 0 Å². The molecule has 1 fully saturated rings. The van der Waals surface area contributed by atoms with Crippen molar-refractivity contribution in [3.05, 3.63) is 12.2 Å². The van der Waals surface area contributed by atoms with Gasteiger partial charge >= 0.3 is 5.97 Å². The molecule has 13 heavy (non-hydrogen) atoms. The Morgan fingerprint density at radius 3 is 2.77 bits per heavy atom. The first-order valence-corrected chi connectivity index (χ1v) is 4.22. The Morgan fingerprint density at radius 2 is 2.38 bits per heavy atom. The van der Waals surface area contributed by atoms with Crippen LogP contribution in [0.1, 0.15) is 20.3 Å². The number of ether oxygens (including phenoxy) is 2. The predicted octanol–water partition coefficient (Wildman–Crippen LogP) is 1.17. The molecule has 74 valence electrons. The van der Waals surface area contributed by atoms with E-state index in [4.69, 9.17) is 14.6 Å². The highest BCUT2D eigenvalue weighted by atomic mass is 16.7. The monoisotopic (exact) mass is 186 g/mol. The summed E-state index contributed by atoms with van der Waals surface area (Å²) in [4.78, 5) is 10.6. The molecule has 0 aliphatic carbocycles. The molecule has 1 aliphatic heterocycles. The van der Waals surface area contributed by atoms with Crippen LogP contribution in [0.25, 0.3) is 0 Å². The van der Waals surface area contributed by atoms with E-state index in [0.29, 0.717) is 6.42 Å². The molecule has 0 amide bonds. The SMILES string of the molecule is C=C(C(=O)O)C1COC(C)(CC)O1. The van der Waals surface area contributed by atoms with E-state index in [2.05, 4.69) is 6.58 Å². The van der Waals surface area contributed by atoms with Crippen molar-refractivity contribution < 1.29 is 19.4 Å². The normalized spacial score (nSPS) is 33.2. The van der Waals surface area contributed by atoms with Gasteiger partial charge in [0.05, 0.1) is 12.2 Å². The first kappa shape index (κ1) is 10.2. The van der Waals surface area contributed by atoms with Crippen molar-refractivity contribution in [1.82, 2.24) is 0 Å². The van der Waals surface area contributed by atoms with Crippen molar-refractivity contribution >= 4 is 5.97 Å². The molecule has 0 radical (unpaired) electrons. The molecule has 4 heteroatoms. The molecule has 0 aromatic carbocycles. The van der Waals surface area contributed by atoms with Crippen molar-refractivity contribution in [3.63, 3.8) is 0 Å². The fourth-order valence-electron chi connectivity index (χ4n) is 1.12. The van der Waals surface area contributed by atoms with Gasteiger partial charge in [-0.1, -0.05) is 13.5 Å². The third kappa shape index (κ3) is 2.08. The van der Waals surface area contributed by atoms with Crippen molar-refractivity contribution in [1.29, 1.82) is 0 Å². The largest absolute Gasteiger partial charge is 0.478 e. The highest BCUT2D eigenvalue weighted by molar-refractivity contribution is 5.87. The van der Waals surface area contributed by atoms with E-state index in [1.165, 1.54) is 0 Å². The molecule has 1 rings (SSSR count). The maximum Gasteiger partial charge on any atom is 0.333 e. The zero-order valence-electron chi connectivity index (χ0n) is 7.87. The molecule has 2 unspecified atom stereocenters. The summed E-state index contributed by atoms with van der Waals surface area (Å²) >= 11 is 0. The summed E-state index contributed by atoms with van der Waals surface area (Å²) in [6.07, 6.45) is 0.179. The van der Waals surface area contributed by atoms with Gasteiger partial charge in [-0.15, -0.1) is 0 Å². The molecule has 0 aromatic rings. The zero-order valence-corrected chi connectivity index (χ0v) is 7.87.